The lowest BCUT2D eigenvalue weighted by atomic mass is 10.0. The zero-order chi connectivity index (χ0) is 16.5. The van der Waals surface area contributed by atoms with E-state index in [1.165, 1.54) is 17.6 Å². The van der Waals surface area contributed by atoms with Crippen molar-refractivity contribution in [2.75, 3.05) is 33.4 Å². The van der Waals surface area contributed by atoms with E-state index in [1.807, 2.05) is 6.92 Å². The van der Waals surface area contributed by atoms with Crippen molar-refractivity contribution in [3.63, 3.8) is 0 Å². The lowest BCUT2D eigenvalue weighted by Gasteiger charge is -2.34. The van der Waals surface area contributed by atoms with Crippen LogP contribution in [-0.4, -0.2) is 63.1 Å². The van der Waals surface area contributed by atoms with Crippen molar-refractivity contribution in [2.45, 2.75) is 13.0 Å². The molecule has 0 saturated heterocycles. The zero-order valence-corrected chi connectivity index (χ0v) is 14.1. The molecular weight excluding hydrogens is 304 g/mol. The maximum Gasteiger partial charge on any atom is 0.257 e. The van der Waals surface area contributed by atoms with Gasteiger partial charge in [0.25, 0.3) is 5.91 Å². The van der Waals surface area contributed by atoms with Gasteiger partial charge in [-0.2, -0.15) is 0 Å². The lowest BCUT2D eigenvalue weighted by molar-refractivity contribution is 0.0605. The number of benzene rings is 1. The van der Waals surface area contributed by atoms with Gasteiger partial charge >= 0.3 is 0 Å². The van der Waals surface area contributed by atoms with Crippen LogP contribution in [-0.2, 0) is 10.0 Å². The summed E-state index contributed by atoms with van der Waals surface area (Å²) in [4.78, 5) is 14.0. The van der Waals surface area contributed by atoms with Crippen LogP contribution in [0.1, 0.15) is 17.3 Å². The number of para-hydroxylation sites is 1. The van der Waals surface area contributed by atoms with E-state index in [1.54, 1.807) is 36.2 Å². The molecule has 1 aromatic carbocycles. The number of ether oxygens (including phenoxy) is 1. The van der Waals surface area contributed by atoms with Gasteiger partial charge in [0.15, 0.2) is 0 Å². The zero-order valence-electron chi connectivity index (χ0n) is 13.3. The normalized spacial score (nSPS) is 22.8. The average molecular weight is 326 g/mol. The van der Waals surface area contributed by atoms with Crippen molar-refractivity contribution in [3.8, 4) is 5.75 Å². The number of likely N-dealkylation sites (N-methyl/N-ethyl adjacent to an activating group) is 1. The number of hydrogen-bond donors (Lipinski definition) is 0. The van der Waals surface area contributed by atoms with Crippen LogP contribution in [0.2, 0.25) is 0 Å². The number of amides is 1. The molecule has 1 aromatic rings. The van der Waals surface area contributed by atoms with Crippen LogP contribution in [0.3, 0.4) is 0 Å². The van der Waals surface area contributed by atoms with E-state index in [2.05, 4.69) is 0 Å². The molecule has 0 saturated carbocycles. The number of rotatable bonds is 3. The second kappa shape index (κ2) is 6.26. The Morgan fingerprint density at radius 2 is 2.00 bits per heavy atom. The molecule has 0 fully saturated rings. The van der Waals surface area contributed by atoms with Crippen LogP contribution in [0.25, 0.3) is 0 Å². The molecule has 0 aliphatic carbocycles. The Hall–Kier alpha value is -1.60. The van der Waals surface area contributed by atoms with Gasteiger partial charge in [-0.05, 0) is 12.1 Å². The highest BCUT2D eigenvalue weighted by Gasteiger charge is 2.30. The molecule has 0 aromatic heterocycles. The van der Waals surface area contributed by atoms with Crippen molar-refractivity contribution < 1.29 is 17.9 Å². The quantitative estimate of drug-likeness (QED) is 0.833. The number of sulfonamides is 1. The van der Waals surface area contributed by atoms with Gasteiger partial charge < -0.3 is 9.64 Å². The summed E-state index contributed by atoms with van der Waals surface area (Å²) in [5.74, 6) is 0.418. The van der Waals surface area contributed by atoms with E-state index in [-0.39, 0.29) is 24.5 Å². The predicted molar refractivity (Wildman–Crippen MR) is 84.5 cm³/mol. The summed E-state index contributed by atoms with van der Waals surface area (Å²) in [6, 6.07) is 7.06. The maximum absolute atomic E-state index is 12.4. The van der Waals surface area contributed by atoms with Gasteiger partial charge in [0.2, 0.25) is 10.0 Å². The standard InChI is InChI=1S/C15H22N2O4S/c1-11-9-16(2)15(18)12-7-5-6-8-13(12)21-14(11)10-17(3)22(4,19)20/h5-8,11,14H,9-10H2,1-4H3/t11-,14-/m0/s1. The molecule has 2 rings (SSSR count). The summed E-state index contributed by atoms with van der Waals surface area (Å²) in [6.07, 6.45) is 0.848. The fourth-order valence-electron chi connectivity index (χ4n) is 2.47. The molecule has 6 nitrogen and oxygen atoms in total. The van der Waals surface area contributed by atoms with Crippen molar-refractivity contribution in [3.05, 3.63) is 29.8 Å². The predicted octanol–water partition coefficient (Wildman–Crippen LogP) is 1.05. The SMILES string of the molecule is C[C@H]1CN(C)C(=O)c2ccccc2O[C@H]1CN(C)S(C)(=O)=O. The molecule has 7 heteroatoms. The Morgan fingerprint density at radius 3 is 2.64 bits per heavy atom. The van der Waals surface area contributed by atoms with Crippen molar-refractivity contribution in [1.29, 1.82) is 0 Å². The third-order valence-electron chi connectivity index (χ3n) is 3.94. The van der Waals surface area contributed by atoms with Crippen molar-refractivity contribution in [2.24, 2.45) is 5.92 Å². The number of hydrogen-bond acceptors (Lipinski definition) is 4. The molecule has 0 radical (unpaired) electrons. The minimum Gasteiger partial charge on any atom is -0.488 e. The van der Waals surface area contributed by atoms with E-state index >= 15 is 0 Å². The second-order valence-corrected chi connectivity index (χ2v) is 7.95. The first kappa shape index (κ1) is 16.8. The van der Waals surface area contributed by atoms with Crippen molar-refractivity contribution >= 4 is 15.9 Å². The molecule has 1 aliphatic rings. The summed E-state index contributed by atoms with van der Waals surface area (Å²) in [6.45, 7) is 2.71. The van der Waals surface area contributed by atoms with Gasteiger partial charge in [-0.1, -0.05) is 19.1 Å². The highest BCUT2D eigenvalue weighted by atomic mass is 32.2. The smallest absolute Gasteiger partial charge is 0.257 e. The van der Waals surface area contributed by atoms with Gasteiger partial charge in [0.1, 0.15) is 11.9 Å². The third kappa shape index (κ3) is 3.59. The third-order valence-corrected chi connectivity index (χ3v) is 5.22. The first-order valence-corrected chi connectivity index (χ1v) is 8.97. The number of nitrogens with zero attached hydrogens (tertiary/aromatic N) is 2. The van der Waals surface area contributed by atoms with Crippen LogP contribution in [0.15, 0.2) is 24.3 Å². The summed E-state index contributed by atoms with van der Waals surface area (Å²) in [5.41, 5.74) is 0.504. The summed E-state index contributed by atoms with van der Waals surface area (Å²) in [5, 5.41) is 0. The molecule has 122 valence electrons. The van der Waals surface area contributed by atoms with E-state index in [0.717, 1.165) is 0 Å². The fourth-order valence-corrected chi connectivity index (χ4v) is 2.89. The second-order valence-electron chi connectivity index (χ2n) is 5.86. The lowest BCUT2D eigenvalue weighted by Crippen LogP contribution is -2.46. The summed E-state index contributed by atoms with van der Waals surface area (Å²) < 4.78 is 30.5. The monoisotopic (exact) mass is 326 g/mol. The Labute approximate surface area is 131 Å². The van der Waals surface area contributed by atoms with E-state index < -0.39 is 10.0 Å². The fraction of sp³-hybridized carbons (Fsp3) is 0.533. The number of carbonyl (C=O) groups is 1. The molecule has 0 bridgehead atoms. The number of carbonyl (C=O) groups excluding carboxylic acids is 1. The first-order chi connectivity index (χ1) is 10.2. The molecule has 0 N–H and O–H groups in total. The molecular formula is C15H22N2O4S. The molecule has 1 heterocycles. The van der Waals surface area contributed by atoms with Crippen LogP contribution >= 0.6 is 0 Å². The van der Waals surface area contributed by atoms with Gasteiger partial charge in [-0.3, -0.25) is 4.79 Å². The molecule has 2 atom stereocenters. The molecule has 22 heavy (non-hydrogen) atoms. The minimum atomic E-state index is -3.28. The minimum absolute atomic E-state index is 0.00602. The highest BCUT2D eigenvalue weighted by molar-refractivity contribution is 7.88. The van der Waals surface area contributed by atoms with Gasteiger partial charge in [-0.25, -0.2) is 12.7 Å². The molecule has 1 amide bonds. The Morgan fingerprint density at radius 1 is 1.36 bits per heavy atom. The van der Waals surface area contributed by atoms with Gasteiger partial charge in [0.05, 0.1) is 18.4 Å². The first-order valence-electron chi connectivity index (χ1n) is 7.12. The van der Waals surface area contributed by atoms with E-state index in [0.29, 0.717) is 17.9 Å². The highest BCUT2D eigenvalue weighted by Crippen LogP contribution is 2.26. The van der Waals surface area contributed by atoms with Crippen LogP contribution < -0.4 is 4.74 Å². The van der Waals surface area contributed by atoms with Crippen LogP contribution in [0.4, 0.5) is 0 Å². The Bertz CT molecular complexity index is 659. The summed E-state index contributed by atoms with van der Waals surface area (Å²) in [7, 11) is 0.00545. The van der Waals surface area contributed by atoms with Crippen molar-refractivity contribution in [1.82, 2.24) is 9.21 Å². The van der Waals surface area contributed by atoms with Gasteiger partial charge in [-0.15, -0.1) is 0 Å². The Kier molecular flexibility index (Phi) is 4.77. The Balaban J connectivity index is 2.33. The molecule has 0 spiro atoms. The topological polar surface area (TPSA) is 66.9 Å². The molecule has 0 unspecified atom stereocenters. The number of fused-ring (bicyclic) bond motifs is 1. The summed E-state index contributed by atoms with van der Waals surface area (Å²) >= 11 is 0. The van der Waals surface area contributed by atoms with E-state index in [9.17, 15) is 13.2 Å². The average Bonchev–Trinajstić information content (AvgIpc) is 2.44. The van der Waals surface area contributed by atoms with Crippen LogP contribution in [0, 0.1) is 5.92 Å². The largest absolute Gasteiger partial charge is 0.488 e. The molecule has 1 aliphatic heterocycles. The van der Waals surface area contributed by atoms with Gasteiger partial charge in [0, 0.05) is 26.6 Å². The van der Waals surface area contributed by atoms with E-state index in [4.69, 9.17) is 4.74 Å². The maximum atomic E-state index is 12.4. The van der Waals surface area contributed by atoms with Crippen LogP contribution in [0.5, 0.6) is 5.75 Å².